The molecule has 0 bridgehead atoms. The van der Waals surface area contributed by atoms with Gasteiger partial charge in [-0.3, -0.25) is 14.5 Å². The Bertz CT molecular complexity index is 805. The Morgan fingerprint density at radius 1 is 1.03 bits per heavy atom. The van der Waals surface area contributed by atoms with Crippen LogP contribution >= 0.6 is 0 Å². The summed E-state index contributed by atoms with van der Waals surface area (Å²) in [5.41, 5.74) is 2.21. The standard InChI is InChI=1S/C23H29N3O4/c1-18-7-9-19(10-8-18)21(16-26-11-13-29-14-12-26)25-22(27)15-24-23(28)17-30-20-5-3-2-4-6-20/h2-10,21H,11-17H2,1H3,(H,24,28)(H,25,27)/t21-/m1/s1. The van der Waals surface area contributed by atoms with Gasteiger partial charge in [-0.15, -0.1) is 0 Å². The summed E-state index contributed by atoms with van der Waals surface area (Å²) in [7, 11) is 0. The fourth-order valence-electron chi connectivity index (χ4n) is 3.22. The molecule has 0 aliphatic carbocycles. The maximum Gasteiger partial charge on any atom is 0.258 e. The van der Waals surface area contributed by atoms with Crippen molar-refractivity contribution in [2.24, 2.45) is 0 Å². The van der Waals surface area contributed by atoms with Crippen molar-refractivity contribution in [2.75, 3.05) is 46.0 Å². The van der Waals surface area contributed by atoms with Gasteiger partial charge in [0.15, 0.2) is 6.61 Å². The van der Waals surface area contributed by atoms with Crippen molar-refractivity contribution in [3.05, 3.63) is 65.7 Å². The first-order valence-electron chi connectivity index (χ1n) is 10.2. The van der Waals surface area contributed by atoms with E-state index in [1.165, 1.54) is 5.56 Å². The zero-order valence-corrected chi connectivity index (χ0v) is 17.3. The van der Waals surface area contributed by atoms with Gasteiger partial charge in [-0.1, -0.05) is 48.0 Å². The molecule has 2 aromatic rings. The second-order valence-corrected chi connectivity index (χ2v) is 7.32. The molecule has 1 heterocycles. The van der Waals surface area contributed by atoms with Crippen LogP contribution in [0.1, 0.15) is 17.2 Å². The smallest absolute Gasteiger partial charge is 0.258 e. The quantitative estimate of drug-likeness (QED) is 0.656. The van der Waals surface area contributed by atoms with Gasteiger partial charge >= 0.3 is 0 Å². The van der Waals surface area contributed by atoms with Crippen LogP contribution in [0.15, 0.2) is 54.6 Å². The minimum absolute atomic E-state index is 0.0948. The van der Waals surface area contributed by atoms with Crippen molar-refractivity contribution >= 4 is 11.8 Å². The molecule has 1 aliphatic rings. The number of carbonyl (C=O) groups is 2. The van der Waals surface area contributed by atoms with E-state index in [9.17, 15) is 9.59 Å². The predicted molar refractivity (Wildman–Crippen MR) is 114 cm³/mol. The van der Waals surface area contributed by atoms with Crippen molar-refractivity contribution in [2.45, 2.75) is 13.0 Å². The normalized spacial score (nSPS) is 15.2. The molecule has 2 N–H and O–H groups in total. The molecule has 7 nitrogen and oxygen atoms in total. The molecule has 0 radical (unpaired) electrons. The number of morpholine rings is 1. The number of hydrogen-bond acceptors (Lipinski definition) is 5. The molecular formula is C23H29N3O4. The van der Waals surface area contributed by atoms with Gasteiger partial charge in [0.2, 0.25) is 5.91 Å². The van der Waals surface area contributed by atoms with E-state index in [1.807, 2.05) is 49.4 Å². The third kappa shape index (κ3) is 7.17. The Labute approximate surface area is 177 Å². The van der Waals surface area contributed by atoms with Crippen LogP contribution in [0.25, 0.3) is 0 Å². The van der Waals surface area contributed by atoms with Crippen molar-refractivity contribution in [3.8, 4) is 5.75 Å². The van der Waals surface area contributed by atoms with Crippen LogP contribution < -0.4 is 15.4 Å². The van der Waals surface area contributed by atoms with Crippen LogP contribution in [-0.2, 0) is 14.3 Å². The van der Waals surface area contributed by atoms with Crippen LogP contribution in [0.3, 0.4) is 0 Å². The van der Waals surface area contributed by atoms with E-state index in [4.69, 9.17) is 9.47 Å². The minimum Gasteiger partial charge on any atom is -0.484 e. The van der Waals surface area contributed by atoms with Crippen LogP contribution in [0.2, 0.25) is 0 Å². The number of benzene rings is 2. The van der Waals surface area contributed by atoms with E-state index >= 15 is 0 Å². The van der Waals surface area contributed by atoms with Gasteiger partial charge in [0, 0.05) is 19.6 Å². The molecule has 1 aliphatic heterocycles. The fraction of sp³-hybridized carbons (Fsp3) is 0.391. The zero-order valence-electron chi connectivity index (χ0n) is 17.3. The Balaban J connectivity index is 1.50. The maximum atomic E-state index is 12.5. The number of amides is 2. The zero-order chi connectivity index (χ0) is 21.2. The largest absolute Gasteiger partial charge is 0.484 e. The first kappa shape index (κ1) is 21.8. The fourth-order valence-corrected chi connectivity index (χ4v) is 3.22. The molecule has 2 amide bonds. The molecule has 30 heavy (non-hydrogen) atoms. The highest BCUT2D eigenvalue weighted by Crippen LogP contribution is 2.16. The molecule has 0 unspecified atom stereocenters. The Kier molecular flexibility index (Phi) is 8.23. The molecule has 3 rings (SSSR count). The number of para-hydroxylation sites is 1. The van der Waals surface area contributed by atoms with Gasteiger partial charge in [0.05, 0.1) is 25.8 Å². The lowest BCUT2D eigenvalue weighted by atomic mass is 10.0. The number of aryl methyl sites for hydroxylation is 1. The molecule has 1 atom stereocenters. The Morgan fingerprint density at radius 2 is 1.73 bits per heavy atom. The molecule has 0 aromatic heterocycles. The van der Waals surface area contributed by atoms with Crippen LogP contribution in [-0.4, -0.2) is 62.7 Å². The number of ether oxygens (including phenoxy) is 2. The monoisotopic (exact) mass is 411 g/mol. The van der Waals surface area contributed by atoms with Crippen LogP contribution in [0, 0.1) is 6.92 Å². The van der Waals surface area contributed by atoms with E-state index < -0.39 is 0 Å². The molecule has 160 valence electrons. The Hall–Kier alpha value is -2.90. The highest BCUT2D eigenvalue weighted by molar-refractivity contribution is 5.85. The topological polar surface area (TPSA) is 79.9 Å². The first-order chi connectivity index (χ1) is 14.6. The maximum absolute atomic E-state index is 12.5. The number of carbonyl (C=O) groups excluding carboxylic acids is 2. The number of nitrogens with zero attached hydrogens (tertiary/aromatic N) is 1. The van der Waals surface area contributed by atoms with Gasteiger partial charge in [-0.05, 0) is 24.6 Å². The molecule has 1 fully saturated rings. The summed E-state index contributed by atoms with van der Waals surface area (Å²) in [5, 5.41) is 5.66. The lowest BCUT2D eigenvalue weighted by Gasteiger charge is -2.31. The number of nitrogens with one attached hydrogen (secondary N) is 2. The highest BCUT2D eigenvalue weighted by atomic mass is 16.5. The predicted octanol–water partition coefficient (Wildman–Crippen LogP) is 1.68. The average Bonchev–Trinajstić information content (AvgIpc) is 2.78. The summed E-state index contributed by atoms with van der Waals surface area (Å²) in [4.78, 5) is 26.8. The number of rotatable bonds is 9. The SMILES string of the molecule is Cc1ccc([C@@H](CN2CCOCC2)NC(=O)CNC(=O)COc2ccccc2)cc1. The lowest BCUT2D eigenvalue weighted by molar-refractivity contribution is -0.127. The van der Waals surface area contributed by atoms with Gasteiger partial charge in [0.1, 0.15) is 5.75 Å². The van der Waals surface area contributed by atoms with E-state index in [1.54, 1.807) is 12.1 Å². The summed E-state index contributed by atoms with van der Waals surface area (Å²) in [6.07, 6.45) is 0. The summed E-state index contributed by atoms with van der Waals surface area (Å²) in [6.45, 7) is 5.58. The lowest BCUT2D eigenvalue weighted by Crippen LogP contribution is -2.45. The van der Waals surface area contributed by atoms with E-state index in [-0.39, 0.29) is 31.0 Å². The molecule has 7 heteroatoms. The molecule has 0 spiro atoms. The van der Waals surface area contributed by atoms with Crippen LogP contribution in [0.5, 0.6) is 5.75 Å². The second-order valence-electron chi connectivity index (χ2n) is 7.32. The van der Waals surface area contributed by atoms with Gasteiger partial charge < -0.3 is 20.1 Å². The van der Waals surface area contributed by atoms with Crippen molar-refractivity contribution in [1.82, 2.24) is 15.5 Å². The molecule has 2 aromatic carbocycles. The van der Waals surface area contributed by atoms with Crippen LogP contribution in [0.4, 0.5) is 0 Å². The van der Waals surface area contributed by atoms with Crippen molar-refractivity contribution in [3.63, 3.8) is 0 Å². The summed E-state index contributed by atoms with van der Waals surface area (Å²) in [6, 6.07) is 17.1. The van der Waals surface area contributed by atoms with E-state index in [2.05, 4.69) is 15.5 Å². The third-order valence-corrected chi connectivity index (χ3v) is 4.92. The summed E-state index contributed by atoms with van der Waals surface area (Å²) < 4.78 is 10.8. The molecular weight excluding hydrogens is 382 g/mol. The highest BCUT2D eigenvalue weighted by Gasteiger charge is 2.20. The number of hydrogen-bond donors (Lipinski definition) is 2. The van der Waals surface area contributed by atoms with Gasteiger partial charge in [0.25, 0.3) is 5.91 Å². The van der Waals surface area contributed by atoms with Gasteiger partial charge in [-0.2, -0.15) is 0 Å². The summed E-state index contributed by atoms with van der Waals surface area (Å²) in [5.74, 6) is 0.0398. The van der Waals surface area contributed by atoms with Crippen molar-refractivity contribution < 1.29 is 19.1 Å². The second kappa shape index (κ2) is 11.3. The van der Waals surface area contributed by atoms with E-state index in [0.29, 0.717) is 25.5 Å². The first-order valence-corrected chi connectivity index (χ1v) is 10.2. The Morgan fingerprint density at radius 3 is 2.43 bits per heavy atom. The van der Waals surface area contributed by atoms with Crippen molar-refractivity contribution in [1.29, 1.82) is 0 Å². The molecule has 0 saturated carbocycles. The molecule has 1 saturated heterocycles. The average molecular weight is 412 g/mol. The third-order valence-electron chi connectivity index (χ3n) is 4.92. The minimum atomic E-state index is -0.339. The summed E-state index contributed by atoms with van der Waals surface area (Å²) >= 11 is 0. The van der Waals surface area contributed by atoms with E-state index in [0.717, 1.165) is 18.7 Å². The van der Waals surface area contributed by atoms with Gasteiger partial charge in [-0.25, -0.2) is 0 Å².